The summed E-state index contributed by atoms with van der Waals surface area (Å²) in [6.07, 6.45) is 6.91. The fourth-order valence-electron chi connectivity index (χ4n) is 3.41. The zero-order chi connectivity index (χ0) is 22.0. The molecule has 2 heterocycles. The minimum Gasteiger partial charge on any atom is -0.496 e. The Bertz CT molecular complexity index is 1170. The third-order valence-electron chi connectivity index (χ3n) is 5.34. The molecule has 1 unspecified atom stereocenters. The van der Waals surface area contributed by atoms with E-state index in [1.165, 1.54) is 6.33 Å². The number of ether oxygens (including phenoxy) is 1. The molecular weight excluding hydrogens is 414 g/mol. The van der Waals surface area contributed by atoms with Crippen molar-refractivity contribution in [2.75, 3.05) is 14.2 Å². The van der Waals surface area contributed by atoms with Crippen molar-refractivity contribution in [2.45, 2.75) is 13.0 Å². The predicted molar refractivity (Wildman–Crippen MR) is 119 cm³/mol. The van der Waals surface area contributed by atoms with Crippen LogP contribution in [0.3, 0.4) is 0 Å². The molecule has 4 aromatic rings. The second kappa shape index (κ2) is 8.65. The van der Waals surface area contributed by atoms with E-state index in [0.29, 0.717) is 16.3 Å². The molecule has 0 saturated carbocycles. The number of rotatable bonds is 6. The lowest BCUT2D eigenvalue weighted by Gasteiger charge is -2.26. The molecule has 0 bridgehead atoms. The van der Waals surface area contributed by atoms with Crippen molar-refractivity contribution in [1.82, 2.24) is 24.2 Å². The summed E-state index contributed by atoms with van der Waals surface area (Å²) in [4.78, 5) is 18.9. The van der Waals surface area contributed by atoms with Crippen LogP contribution < -0.4 is 4.74 Å². The van der Waals surface area contributed by atoms with E-state index in [2.05, 4.69) is 10.1 Å². The summed E-state index contributed by atoms with van der Waals surface area (Å²) in [5.74, 6) is 0.296. The first kappa shape index (κ1) is 20.7. The molecule has 0 N–H and O–H groups in total. The Kier molecular flexibility index (Phi) is 5.77. The molecule has 31 heavy (non-hydrogen) atoms. The first-order chi connectivity index (χ1) is 15.0. The van der Waals surface area contributed by atoms with Crippen LogP contribution >= 0.6 is 11.6 Å². The van der Waals surface area contributed by atoms with Crippen LogP contribution in [0.5, 0.6) is 5.75 Å². The van der Waals surface area contributed by atoms with Crippen molar-refractivity contribution in [1.29, 1.82) is 0 Å². The molecule has 0 aliphatic rings. The number of amides is 1. The van der Waals surface area contributed by atoms with Crippen LogP contribution in [0.25, 0.3) is 11.4 Å². The van der Waals surface area contributed by atoms with Gasteiger partial charge in [0.05, 0.1) is 35.1 Å². The fourth-order valence-corrected chi connectivity index (χ4v) is 3.67. The van der Waals surface area contributed by atoms with Gasteiger partial charge < -0.3 is 14.2 Å². The maximum absolute atomic E-state index is 13.3. The van der Waals surface area contributed by atoms with Gasteiger partial charge in [0.1, 0.15) is 18.4 Å². The molecule has 4 rings (SSSR count). The molecule has 7 nitrogen and oxygen atoms in total. The van der Waals surface area contributed by atoms with Crippen LogP contribution in [0, 0.1) is 0 Å². The molecule has 2 aromatic carbocycles. The Morgan fingerprint density at radius 1 is 1.16 bits per heavy atom. The minimum absolute atomic E-state index is 0.162. The Balaban J connectivity index is 1.59. The van der Waals surface area contributed by atoms with Gasteiger partial charge in [-0.3, -0.25) is 4.79 Å². The number of carbonyl (C=O) groups excluding carboxylic acids is 1. The zero-order valence-corrected chi connectivity index (χ0v) is 18.2. The van der Waals surface area contributed by atoms with Gasteiger partial charge in [-0.2, -0.15) is 5.10 Å². The minimum atomic E-state index is -0.175. The highest BCUT2D eigenvalue weighted by Gasteiger charge is 2.23. The van der Waals surface area contributed by atoms with E-state index in [-0.39, 0.29) is 11.9 Å². The monoisotopic (exact) mass is 435 g/mol. The van der Waals surface area contributed by atoms with E-state index in [0.717, 1.165) is 16.9 Å². The molecule has 8 heteroatoms. The lowest BCUT2D eigenvalue weighted by Crippen LogP contribution is -2.30. The van der Waals surface area contributed by atoms with E-state index < -0.39 is 0 Å². The normalized spacial score (nSPS) is 11.9. The molecule has 0 fully saturated rings. The van der Waals surface area contributed by atoms with E-state index in [9.17, 15) is 4.79 Å². The van der Waals surface area contributed by atoms with Crippen molar-refractivity contribution in [3.63, 3.8) is 0 Å². The Morgan fingerprint density at radius 3 is 2.48 bits per heavy atom. The number of hydrogen-bond donors (Lipinski definition) is 0. The molecule has 1 amide bonds. The maximum atomic E-state index is 13.3. The largest absolute Gasteiger partial charge is 0.496 e. The van der Waals surface area contributed by atoms with Crippen molar-refractivity contribution < 1.29 is 9.53 Å². The number of benzene rings is 2. The van der Waals surface area contributed by atoms with Gasteiger partial charge in [0.25, 0.3) is 5.91 Å². The number of halogens is 1. The summed E-state index contributed by atoms with van der Waals surface area (Å²) < 4.78 is 9.08. The van der Waals surface area contributed by atoms with E-state index in [1.807, 2.05) is 60.3 Å². The van der Waals surface area contributed by atoms with Crippen LogP contribution in [-0.2, 0) is 0 Å². The van der Waals surface area contributed by atoms with Gasteiger partial charge >= 0.3 is 0 Å². The molecule has 0 radical (unpaired) electrons. The van der Waals surface area contributed by atoms with Gasteiger partial charge in [-0.1, -0.05) is 23.7 Å². The first-order valence-corrected chi connectivity index (χ1v) is 10.1. The van der Waals surface area contributed by atoms with Gasteiger partial charge in [0.15, 0.2) is 0 Å². The summed E-state index contributed by atoms with van der Waals surface area (Å²) in [7, 11) is 3.32. The number of carbonyl (C=O) groups is 1. The maximum Gasteiger partial charge on any atom is 0.257 e. The van der Waals surface area contributed by atoms with Crippen LogP contribution in [0.2, 0.25) is 5.02 Å². The van der Waals surface area contributed by atoms with E-state index in [4.69, 9.17) is 16.3 Å². The van der Waals surface area contributed by atoms with Gasteiger partial charge in [-0.15, -0.1) is 0 Å². The van der Waals surface area contributed by atoms with Crippen molar-refractivity contribution in [3.05, 3.63) is 89.7 Å². The third-order valence-corrected chi connectivity index (χ3v) is 5.64. The fraction of sp³-hybridized carbons (Fsp3) is 0.174. The molecule has 0 aliphatic carbocycles. The average Bonchev–Trinajstić information content (AvgIpc) is 3.52. The highest BCUT2D eigenvalue weighted by atomic mass is 35.5. The molecule has 0 spiro atoms. The quantitative estimate of drug-likeness (QED) is 0.445. The molecule has 0 aliphatic heterocycles. The van der Waals surface area contributed by atoms with Crippen molar-refractivity contribution >= 4 is 17.5 Å². The number of methoxy groups -OCH3 is 1. The lowest BCUT2D eigenvalue weighted by molar-refractivity contribution is 0.0739. The summed E-state index contributed by atoms with van der Waals surface area (Å²) in [5.41, 5.74) is 3.06. The summed E-state index contributed by atoms with van der Waals surface area (Å²) in [6, 6.07) is 14.9. The molecule has 0 saturated heterocycles. The lowest BCUT2D eigenvalue weighted by atomic mass is 10.0. The van der Waals surface area contributed by atoms with Crippen molar-refractivity contribution in [3.8, 4) is 17.1 Å². The number of nitrogens with zero attached hydrogens (tertiary/aromatic N) is 5. The van der Waals surface area contributed by atoms with Crippen LogP contribution in [-0.4, -0.2) is 44.3 Å². The van der Waals surface area contributed by atoms with Crippen LogP contribution in [0.1, 0.15) is 28.9 Å². The van der Waals surface area contributed by atoms with E-state index >= 15 is 0 Å². The summed E-state index contributed by atoms with van der Waals surface area (Å²) in [6.45, 7) is 1.98. The summed E-state index contributed by atoms with van der Waals surface area (Å²) >= 11 is 6.50. The van der Waals surface area contributed by atoms with Gasteiger partial charge in [0, 0.05) is 25.5 Å². The standard InChI is InChI=1S/C23H22ClN5O2/c1-16(17-6-8-18(9-7-17)29-15-25-14-26-29)27(2)23(30)19-12-20(24)21(13-22(19)31-3)28-10-4-5-11-28/h4-16H,1-3H3. The highest BCUT2D eigenvalue weighted by molar-refractivity contribution is 6.33. The molecular formula is C23H22ClN5O2. The van der Waals surface area contributed by atoms with Crippen LogP contribution in [0.4, 0.5) is 0 Å². The van der Waals surface area contributed by atoms with Gasteiger partial charge in [-0.05, 0) is 42.8 Å². The predicted octanol–water partition coefficient (Wildman–Crippen LogP) is 4.55. The topological polar surface area (TPSA) is 65.2 Å². The smallest absolute Gasteiger partial charge is 0.257 e. The number of aromatic nitrogens is 4. The van der Waals surface area contributed by atoms with E-state index in [1.54, 1.807) is 42.2 Å². The first-order valence-electron chi connectivity index (χ1n) is 9.72. The summed E-state index contributed by atoms with van der Waals surface area (Å²) in [5, 5.41) is 4.60. The number of hydrogen-bond acceptors (Lipinski definition) is 4. The zero-order valence-electron chi connectivity index (χ0n) is 17.4. The Labute approximate surface area is 185 Å². The highest BCUT2D eigenvalue weighted by Crippen LogP contribution is 2.32. The molecule has 2 aromatic heterocycles. The Hall–Kier alpha value is -3.58. The molecule has 1 atom stereocenters. The SMILES string of the molecule is COc1cc(-n2cccc2)c(Cl)cc1C(=O)N(C)C(C)c1ccc(-n2cncn2)cc1. The second-order valence-corrected chi connectivity index (χ2v) is 7.53. The Morgan fingerprint density at radius 2 is 1.87 bits per heavy atom. The van der Waals surface area contributed by atoms with Gasteiger partial charge in [0.2, 0.25) is 0 Å². The van der Waals surface area contributed by atoms with Gasteiger partial charge in [-0.25, -0.2) is 9.67 Å². The third kappa shape index (κ3) is 4.04. The van der Waals surface area contributed by atoms with Crippen molar-refractivity contribution in [2.24, 2.45) is 0 Å². The molecule has 158 valence electrons. The van der Waals surface area contributed by atoms with Crippen LogP contribution in [0.15, 0.2) is 73.6 Å². The average molecular weight is 436 g/mol. The second-order valence-electron chi connectivity index (χ2n) is 7.12.